The maximum Gasteiger partial charge on any atom is 0.217 e. The number of carbonyl (C=O) groups excluding carboxylic acids is 1. The molecule has 11 heavy (non-hydrogen) atoms. The van der Waals surface area contributed by atoms with E-state index in [2.05, 4.69) is 23.6 Å². The van der Waals surface area contributed by atoms with E-state index in [1.54, 1.807) is 0 Å². The quantitative estimate of drug-likeness (QED) is 0.524. The molecule has 0 bridgehead atoms. The Hall–Kier alpha value is -0.830. The molecule has 2 N–H and O–H groups in total. The standard InChI is InChI=1S/C8H14N2O/c1-6-3-8(5-9-4-6)10-7(2)11/h3,8-9H,4-5H2,1-2H3,(H,10,11). The topological polar surface area (TPSA) is 41.1 Å². The van der Waals surface area contributed by atoms with Gasteiger partial charge in [0.25, 0.3) is 0 Å². The van der Waals surface area contributed by atoms with Crippen LogP contribution in [0.15, 0.2) is 11.6 Å². The lowest BCUT2D eigenvalue weighted by molar-refractivity contribution is -0.119. The summed E-state index contributed by atoms with van der Waals surface area (Å²) in [5.41, 5.74) is 1.29. The summed E-state index contributed by atoms with van der Waals surface area (Å²) in [6, 6.07) is 0.182. The van der Waals surface area contributed by atoms with E-state index in [-0.39, 0.29) is 11.9 Å². The lowest BCUT2D eigenvalue weighted by Gasteiger charge is -2.20. The first-order valence-corrected chi connectivity index (χ1v) is 3.83. The molecule has 1 unspecified atom stereocenters. The van der Waals surface area contributed by atoms with E-state index >= 15 is 0 Å². The van der Waals surface area contributed by atoms with E-state index in [4.69, 9.17) is 0 Å². The van der Waals surface area contributed by atoms with Gasteiger partial charge < -0.3 is 10.6 Å². The third kappa shape index (κ3) is 2.72. The van der Waals surface area contributed by atoms with Crippen LogP contribution < -0.4 is 10.6 Å². The van der Waals surface area contributed by atoms with Crippen molar-refractivity contribution in [2.75, 3.05) is 13.1 Å². The first kappa shape index (κ1) is 8.27. The summed E-state index contributed by atoms with van der Waals surface area (Å²) in [5, 5.41) is 6.04. The Morgan fingerprint density at radius 3 is 3.09 bits per heavy atom. The Labute approximate surface area is 66.9 Å². The van der Waals surface area contributed by atoms with Crippen LogP contribution in [0.2, 0.25) is 0 Å². The molecule has 0 aliphatic carbocycles. The first-order valence-electron chi connectivity index (χ1n) is 3.83. The molecule has 1 rings (SSSR count). The summed E-state index contributed by atoms with van der Waals surface area (Å²) in [4.78, 5) is 10.7. The normalized spacial score (nSPS) is 24.2. The average molecular weight is 154 g/mol. The van der Waals surface area contributed by atoms with E-state index in [1.165, 1.54) is 12.5 Å². The van der Waals surface area contributed by atoms with Crippen molar-refractivity contribution in [3.8, 4) is 0 Å². The fourth-order valence-corrected chi connectivity index (χ4v) is 1.24. The second-order valence-corrected chi connectivity index (χ2v) is 2.95. The van der Waals surface area contributed by atoms with E-state index < -0.39 is 0 Å². The second kappa shape index (κ2) is 3.53. The highest BCUT2D eigenvalue weighted by atomic mass is 16.1. The molecule has 0 aromatic rings. The molecule has 0 spiro atoms. The van der Waals surface area contributed by atoms with E-state index in [0.29, 0.717) is 0 Å². The molecule has 1 aliphatic heterocycles. The lowest BCUT2D eigenvalue weighted by Crippen LogP contribution is -2.43. The van der Waals surface area contributed by atoms with Gasteiger partial charge >= 0.3 is 0 Å². The molecular weight excluding hydrogens is 140 g/mol. The van der Waals surface area contributed by atoms with Gasteiger partial charge in [0.05, 0.1) is 6.04 Å². The number of hydrogen-bond donors (Lipinski definition) is 2. The second-order valence-electron chi connectivity index (χ2n) is 2.95. The van der Waals surface area contributed by atoms with Gasteiger partial charge in [-0.1, -0.05) is 11.6 Å². The van der Waals surface area contributed by atoms with Crippen LogP contribution in [0, 0.1) is 0 Å². The monoisotopic (exact) mass is 154 g/mol. The fraction of sp³-hybridized carbons (Fsp3) is 0.625. The van der Waals surface area contributed by atoms with Crippen molar-refractivity contribution in [3.05, 3.63) is 11.6 Å². The summed E-state index contributed by atoms with van der Waals surface area (Å²) in [6.45, 7) is 5.38. The van der Waals surface area contributed by atoms with Gasteiger partial charge in [0.2, 0.25) is 5.91 Å². The third-order valence-electron chi connectivity index (χ3n) is 1.64. The van der Waals surface area contributed by atoms with Crippen molar-refractivity contribution in [1.29, 1.82) is 0 Å². The van der Waals surface area contributed by atoms with Gasteiger partial charge in [0.1, 0.15) is 0 Å². The zero-order valence-corrected chi connectivity index (χ0v) is 6.98. The van der Waals surface area contributed by atoms with Crippen molar-refractivity contribution in [2.24, 2.45) is 0 Å². The Morgan fingerprint density at radius 1 is 1.82 bits per heavy atom. The maximum absolute atomic E-state index is 10.7. The number of rotatable bonds is 1. The van der Waals surface area contributed by atoms with Crippen LogP contribution in [0.25, 0.3) is 0 Å². The van der Waals surface area contributed by atoms with Crippen molar-refractivity contribution >= 4 is 5.91 Å². The maximum atomic E-state index is 10.7. The van der Waals surface area contributed by atoms with Crippen molar-refractivity contribution in [1.82, 2.24) is 10.6 Å². The molecule has 1 heterocycles. The minimum Gasteiger partial charge on any atom is -0.349 e. The van der Waals surface area contributed by atoms with E-state index in [1.807, 2.05) is 0 Å². The molecule has 3 nitrogen and oxygen atoms in total. The van der Waals surface area contributed by atoms with Crippen molar-refractivity contribution in [2.45, 2.75) is 19.9 Å². The summed E-state index contributed by atoms with van der Waals surface area (Å²) in [5.74, 6) is 0.0303. The highest BCUT2D eigenvalue weighted by molar-refractivity contribution is 5.73. The van der Waals surface area contributed by atoms with E-state index in [9.17, 15) is 4.79 Å². The number of amides is 1. The highest BCUT2D eigenvalue weighted by Gasteiger charge is 2.10. The number of hydrogen-bond acceptors (Lipinski definition) is 2. The van der Waals surface area contributed by atoms with Crippen molar-refractivity contribution in [3.63, 3.8) is 0 Å². The van der Waals surface area contributed by atoms with Crippen LogP contribution in [0.1, 0.15) is 13.8 Å². The Balaban J connectivity index is 2.46. The molecule has 62 valence electrons. The predicted octanol–water partition coefficient (Wildman–Crippen LogP) is 0.0406. The average Bonchev–Trinajstić information content (AvgIpc) is 1.85. The van der Waals surface area contributed by atoms with Crippen molar-refractivity contribution < 1.29 is 4.79 Å². The summed E-state index contributed by atoms with van der Waals surface area (Å²) >= 11 is 0. The van der Waals surface area contributed by atoms with Gasteiger partial charge in [-0.15, -0.1) is 0 Å². The summed E-state index contributed by atoms with van der Waals surface area (Å²) in [6.07, 6.45) is 2.10. The van der Waals surface area contributed by atoms with E-state index in [0.717, 1.165) is 13.1 Å². The third-order valence-corrected chi connectivity index (χ3v) is 1.64. The summed E-state index contributed by atoms with van der Waals surface area (Å²) < 4.78 is 0. The Kier molecular flexibility index (Phi) is 2.65. The van der Waals surface area contributed by atoms with Crippen LogP contribution in [0.3, 0.4) is 0 Å². The molecule has 1 aliphatic rings. The van der Waals surface area contributed by atoms with Gasteiger partial charge in [-0.05, 0) is 6.92 Å². The molecule has 0 fully saturated rings. The van der Waals surface area contributed by atoms with Gasteiger partial charge in [-0.25, -0.2) is 0 Å². The zero-order chi connectivity index (χ0) is 8.27. The lowest BCUT2D eigenvalue weighted by atomic mass is 10.1. The Bertz CT molecular complexity index is 187. The molecule has 0 aromatic carbocycles. The molecule has 1 amide bonds. The Morgan fingerprint density at radius 2 is 2.55 bits per heavy atom. The highest BCUT2D eigenvalue weighted by Crippen LogP contribution is 1.99. The molecule has 0 radical (unpaired) electrons. The molecule has 0 aromatic heterocycles. The summed E-state index contributed by atoms with van der Waals surface area (Å²) in [7, 11) is 0. The van der Waals surface area contributed by atoms with Gasteiger partial charge in [0, 0.05) is 20.0 Å². The minimum absolute atomic E-state index is 0.0303. The smallest absolute Gasteiger partial charge is 0.217 e. The zero-order valence-electron chi connectivity index (χ0n) is 6.98. The molecule has 3 heteroatoms. The first-order chi connectivity index (χ1) is 5.18. The molecule has 0 saturated heterocycles. The minimum atomic E-state index is 0.0303. The molecule has 1 atom stereocenters. The van der Waals surface area contributed by atoms with Gasteiger partial charge in [-0.3, -0.25) is 4.79 Å². The van der Waals surface area contributed by atoms with Crippen LogP contribution in [-0.4, -0.2) is 25.0 Å². The number of nitrogens with one attached hydrogen (secondary N) is 2. The van der Waals surface area contributed by atoms with Crippen LogP contribution in [0.4, 0.5) is 0 Å². The van der Waals surface area contributed by atoms with Crippen LogP contribution in [-0.2, 0) is 4.79 Å². The molecular formula is C8H14N2O. The van der Waals surface area contributed by atoms with Crippen LogP contribution in [0.5, 0.6) is 0 Å². The SMILES string of the molecule is CC(=O)NC1C=C(C)CNC1. The fourth-order valence-electron chi connectivity index (χ4n) is 1.24. The van der Waals surface area contributed by atoms with Gasteiger partial charge in [-0.2, -0.15) is 0 Å². The number of carbonyl (C=O) groups is 1. The largest absolute Gasteiger partial charge is 0.349 e. The molecule has 0 saturated carbocycles. The predicted molar refractivity (Wildman–Crippen MR) is 44.2 cm³/mol. The van der Waals surface area contributed by atoms with Crippen LogP contribution >= 0.6 is 0 Å². The van der Waals surface area contributed by atoms with Gasteiger partial charge in [0.15, 0.2) is 0 Å².